The predicted molar refractivity (Wildman–Crippen MR) is 128 cm³/mol. The molecular formula is C22H30ClN5O2S. The fourth-order valence-electron chi connectivity index (χ4n) is 4.23. The number of carbonyl (C=O) groups is 1. The van der Waals surface area contributed by atoms with E-state index in [0.29, 0.717) is 18.1 Å². The Labute approximate surface area is 192 Å². The molecule has 2 fully saturated rings. The molecule has 168 valence electrons. The number of benzene rings is 1. The van der Waals surface area contributed by atoms with Crippen LogP contribution in [0.4, 0.5) is 16.5 Å². The van der Waals surface area contributed by atoms with Gasteiger partial charge < -0.3 is 24.8 Å². The predicted octanol–water partition coefficient (Wildman–Crippen LogP) is 3.66. The summed E-state index contributed by atoms with van der Waals surface area (Å²) in [6.45, 7) is 5.97. The molecule has 4 rings (SSSR count). The number of thiazole rings is 1. The molecule has 2 aliphatic heterocycles. The summed E-state index contributed by atoms with van der Waals surface area (Å²) in [6, 6.07) is 8.00. The minimum absolute atomic E-state index is 0.211. The number of amides is 1. The van der Waals surface area contributed by atoms with E-state index < -0.39 is 0 Å². The number of nitrogens with one attached hydrogen (secondary N) is 1. The topological polar surface area (TPSA) is 60.9 Å². The summed E-state index contributed by atoms with van der Waals surface area (Å²) >= 11 is 7.68. The molecule has 7 nitrogen and oxygen atoms in total. The van der Waals surface area contributed by atoms with Gasteiger partial charge in [-0.1, -0.05) is 35.1 Å². The summed E-state index contributed by atoms with van der Waals surface area (Å²) in [7, 11) is 4.26. The van der Waals surface area contributed by atoms with E-state index >= 15 is 0 Å². The second-order valence-electron chi connectivity index (χ2n) is 8.38. The van der Waals surface area contributed by atoms with Gasteiger partial charge in [-0.15, -0.1) is 0 Å². The standard InChI is InChI=1S/C22H30ClN5O2S/c1-26(2)15-16-7-9-27(10-8-16)18-6-4-3-5-17(18)24-21(29)19-20(23)25-22(31-19)28-11-13-30-14-12-28/h3-6,16H,7-15H2,1-2H3,(H,24,29). The molecule has 0 unspecified atom stereocenters. The summed E-state index contributed by atoms with van der Waals surface area (Å²) < 4.78 is 5.40. The van der Waals surface area contributed by atoms with E-state index in [4.69, 9.17) is 16.3 Å². The molecule has 9 heteroatoms. The molecule has 1 aromatic heterocycles. The highest BCUT2D eigenvalue weighted by Gasteiger charge is 2.24. The zero-order valence-corrected chi connectivity index (χ0v) is 19.7. The van der Waals surface area contributed by atoms with Gasteiger partial charge in [-0.3, -0.25) is 4.79 Å². The van der Waals surface area contributed by atoms with Crippen molar-refractivity contribution in [2.24, 2.45) is 5.92 Å². The minimum atomic E-state index is -0.211. The van der Waals surface area contributed by atoms with Crippen LogP contribution in [0.2, 0.25) is 5.15 Å². The van der Waals surface area contributed by atoms with E-state index in [0.717, 1.165) is 68.0 Å². The molecule has 2 saturated heterocycles. The third-order valence-corrected chi connectivity index (χ3v) is 7.29. The number of hydrogen-bond acceptors (Lipinski definition) is 7. The third-order valence-electron chi connectivity index (χ3n) is 5.79. The van der Waals surface area contributed by atoms with Crippen molar-refractivity contribution in [1.82, 2.24) is 9.88 Å². The number of rotatable bonds is 6. The molecule has 0 bridgehead atoms. The van der Waals surface area contributed by atoms with E-state index in [-0.39, 0.29) is 11.1 Å². The normalized spacial score (nSPS) is 17.9. The van der Waals surface area contributed by atoms with E-state index in [9.17, 15) is 4.79 Å². The molecule has 0 radical (unpaired) electrons. The highest BCUT2D eigenvalue weighted by molar-refractivity contribution is 7.18. The van der Waals surface area contributed by atoms with Crippen molar-refractivity contribution in [3.63, 3.8) is 0 Å². The Hall–Kier alpha value is -1.87. The molecule has 2 aromatic rings. The highest BCUT2D eigenvalue weighted by atomic mass is 35.5. The van der Waals surface area contributed by atoms with Gasteiger partial charge in [0.05, 0.1) is 24.6 Å². The molecular weight excluding hydrogens is 434 g/mol. The van der Waals surface area contributed by atoms with Crippen molar-refractivity contribution in [3.05, 3.63) is 34.3 Å². The SMILES string of the molecule is CN(C)CC1CCN(c2ccccc2NC(=O)c2sc(N3CCOCC3)nc2Cl)CC1. The lowest BCUT2D eigenvalue weighted by Gasteiger charge is -2.35. The molecule has 0 saturated carbocycles. The Morgan fingerprint density at radius 3 is 2.61 bits per heavy atom. The lowest BCUT2D eigenvalue weighted by Crippen LogP contribution is -2.37. The van der Waals surface area contributed by atoms with Crippen molar-refractivity contribution < 1.29 is 9.53 Å². The summed E-state index contributed by atoms with van der Waals surface area (Å²) in [5.41, 5.74) is 1.88. The molecule has 3 heterocycles. The molecule has 31 heavy (non-hydrogen) atoms. The summed E-state index contributed by atoms with van der Waals surface area (Å²) in [6.07, 6.45) is 2.31. The van der Waals surface area contributed by atoms with Gasteiger partial charge in [0.2, 0.25) is 0 Å². The van der Waals surface area contributed by atoms with Crippen LogP contribution in [0, 0.1) is 5.92 Å². The second-order valence-corrected chi connectivity index (χ2v) is 9.72. The van der Waals surface area contributed by atoms with E-state index in [1.807, 2.05) is 18.2 Å². The average molecular weight is 464 g/mol. The van der Waals surface area contributed by atoms with E-state index in [2.05, 4.69) is 45.2 Å². The van der Waals surface area contributed by atoms with Gasteiger partial charge in [-0.05, 0) is 45.0 Å². The largest absolute Gasteiger partial charge is 0.378 e. The van der Waals surface area contributed by atoms with Crippen molar-refractivity contribution in [2.75, 3.05) is 75.1 Å². The first-order valence-corrected chi connectivity index (χ1v) is 12.0. The quantitative estimate of drug-likeness (QED) is 0.705. The Bertz CT molecular complexity index is 892. The lowest BCUT2D eigenvalue weighted by atomic mass is 9.96. The Morgan fingerprint density at radius 2 is 1.90 bits per heavy atom. The van der Waals surface area contributed by atoms with Gasteiger partial charge in [0, 0.05) is 32.7 Å². The maximum Gasteiger partial charge on any atom is 0.269 e. The fraction of sp³-hybridized carbons (Fsp3) is 0.545. The van der Waals surface area contributed by atoms with Crippen molar-refractivity contribution >= 4 is 45.4 Å². The van der Waals surface area contributed by atoms with Crippen LogP contribution in [-0.4, -0.2) is 75.8 Å². The Morgan fingerprint density at radius 1 is 1.19 bits per heavy atom. The first kappa shape index (κ1) is 22.3. The van der Waals surface area contributed by atoms with Gasteiger partial charge >= 0.3 is 0 Å². The van der Waals surface area contributed by atoms with Crippen molar-refractivity contribution in [1.29, 1.82) is 0 Å². The van der Waals surface area contributed by atoms with Gasteiger partial charge in [-0.25, -0.2) is 4.98 Å². The molecule has 0 aliphatic carbocycles. The van der Waals surface area contributed by atoms with Crippen LogP contribution in [0.15, 0.2) is 24.3 Å². The number of halogens is 1. The third kappa shape index (κ3) is 5.49. The number of piperidine rings is 1. The van der Waals surface area contributed by atoms with Crippen LogP contribution in [-0.2, 0) is 4.74 Å². The number of aromatic nitrogens is 1. The molecule has 1 N–H and O–H groups in total. The Kier molecular flexibility index (Phi) is 7.32. The summed E-state index contributed by atoms with van der Waals surface area (Å²) in [5.74, 6) is 0.513. The van der Waals surface area contributed by atoms with Crippen LogP contribution >= 0.6 is 22.9 Å². The highest BCUT2D eigenvalue weighted by Crippen LogP contribution is 2.33. The maximum atomic E-state index is 13.0. The maximum absolute atomic E-state index is 13.0. The molecule has 1 aromatic carbocycles. The van der Waals surface area contributed by atoms with E-state index in [1.54, 1.807) is 0 Å². The van der Waals surface area contributed by atoms with Crippen LogP contribution in [0.5, 0.6) is 0 Å². The van der Waals surface area contributed by atoms with Crippen LogP contribution in [0.1, 0.15) is 22.5 Å². The summed E-state index contributed by atoms with van der Waals surface area (Å²) in [5, 5.41) is 4.11. The second kappa shape index (κ2) is 10.2. The molecule has 0 spiro atoms. The number of anilines is 3. The smallest absolute Gasteiger partial charge is 0.269 e. The number of ether oxygens (including phenoxy) is 1. The summed E-state index contributed by atoms with van der Waals surface area (Å²) in [4.78, 5) is 24.7. The fourth-order valence-corrected chi connectivity index (χ4v) is 5.46. The lowest BCUT2D eigenvalue weighted by molar-refractivity contribution is 0.103. The van der Waals surface area contributed by atoms with E-state index in [1.165, 1.54) is 11.3 Å². The first-order chi connectivity index (χ1) is 15.0. The minimum Gasteiger partial charge on any atom is -0.378 e. The molecule has 2 aliphatic rings. The zero-order valence-electron chi connectivity index (χ0n) is 18.1. The van der Waals surface area contributed by atoms with Gasteiger partial charge in [0.1, 0.15) is 4.88 Å². The number of hydrogen-bond donors (Lipinski definition) is 1. The first-order valence-electron chi connectivity index (χ1n) is 10.8. The average Bonchev–Trinajstić information content (AvgIpc) is 3.17. The number of carbonyl (C=O) groups excluding carboxylic acids is 1. The van der Waals surface area contributed by atoms with Gasteiger partial charge in [0.25, 0.3) is 5.91 Å². The molecule has 1 amide bonds. The zero-order chi connectivity index (χ0) is 21.8. The Balaban J connectivity index is 1.44. The van der Waals surface area contributed by atoms with Crippen LogP contribution in [0.25, 0.3) is 0 Å². The number of morpholine rings is 1. The van der Waals surface area contributed by atoms with Gasteiger partial charge in [-0.2, -0.15) is 0 Å². The number of nitrogens with zero attached hydrogens (tertiary/aromatic N) is 4. The van der Waals surface area contributed by atoms with Crippen LogP contribution < -0.4 is 15.1 Å². The monoisotopic (exact) mass is 463 g/mol. The molecule has 0 atom stereocenters. The van der Waals surface area contributed by atoms with Gasteiger partial charge in [0.15, 0.2) is 10.3 Å². The van der Waals surface area contributed by atoms with Crippen molar-refractivity contribution in [3.8, 4) is 0 Å². The number of para-hydroxylation sites is 2. The van der Waals surface area contributed by atoms with Crippen molar-refractivity contribution in [2.45, 2.75) is 12.8 Å². The van der Waals surface area contributed by atoms with Crippen LogP contribution in [0.3, 0.4) is 0 Å².